The van der Waals surface area contributed by atoms with Gasteiger partial charge in [0.1, 0.15) is 6.04 Å². The van der Waals surface area contributed by atoms with Crippen molar-refractivity contribution in [1.82, 2.24) is 10.2 Å². The molecular formula is C13H24N2O2. The summed E-state index contributed by atoms with van der Waals surface area (Å²) in [4.78, 5) is 14.2. The van der Waals surface area contributed by atoms with Gasteiger partial charge in [-0.25, -0.2) is 0 Å². The number of nitrogens with zero attached hydrogens (tertiary/aromatic N) is 1. The first-order chi connectivity index (χ1) is 8.24. The van der Waals surface area contributed by atoms with Gasteiger partial charge in [-0.15, -0.1) is 0 Å². The second kappa shape index (κ2) is 5.83. The highest BCUT2D eigenvalue weighted by atomic mass is 16.5. The van der Waals surface area contributed by atoms with E-state index in [2.05, 4.69) is 17.1 Å². The van der Waals surface area contributed by atoms with Crippen LogP contribution in [0.1, 0.15) is 39.0 Å². The van der Waals surface area contributed by atoms with Gasteiger partial charge in [0, 0.05) is 18.6 Å². The molecular weight excluding hydrogens is 216 g/mol. The Hall–Kier alpha value is -0.610. The highest BCUT2D eigenvalue weighted by molar-refractivity contribution is 5.76. The van der Waals surface area contributed by atoms with E-state index in [0.717, 1.165) is 13.1 Å². The van der Waals surface area contributed by atoms with E-state index in [1.807, 2.05) is 0 Å². The largest absolute Gasteiger partial charge is 0.468 e. The molecule has 2 rings (SSSR count). The molecule has 0 spiro atoms. The van der Waals surface area contributed by atoms with E-state index in [9.17, 15) is 4.79 Å². The molecule has 0 amide bonds. The molecule has 2 fully saturated rings. The molecule has 4 nitrogen and oxygen atoms in total. The average molecular weight is 240 g/mol. The second-order valence-corrected chi connectivity index (χ2v) is 5.22. The average Bonchev–Trinajstić information content (AvgIpc) is 3.04. The number of hydrogen-bond acceptors (Lipinski definition) is 4. The number of likely N-dealkylation sites (tertiary alicyclic amines) is 1. The first kappa shape index (κ1) is 12.8. The van der Waals surface area contributed by atoms with Crippen LogP contribution in [0.25, 0.3) is 0 Å². The molecule has 0 bridgehead atoms. The van der Waals surface area contributed by atoms with Crippen LogP contribution in [0.2, 0.25) is 0 Å². The molecule has 1 saturated heterocycles. The summed E-state index contributed by atoms with van der Waals surface area (Å²) in [5.41, 5.74) is 0. The number of ether oxygens (including phenoxy) is 1. The third kappa shape index (κ3) is 3.42. The van der Waals surface area contributed by atoms with Crippen molar-refractivity contribution in [3.63, 3.8) is 0 Å². The van der Waals surface area contributed by atoms with Gasteiger partial charge < -0.3 is 10.1 Å². The lowest BCUT2D eigenvalue weighted by atomic mass is 10.1. The second-order valence-electron chi connectivity index (χ2n) is 5.22. The van der Waals surface area contributed by atoms with E-state index >= 15 is 0 Å². The zero-order valence-corrected chi connectivity index (χ0v) is 10.9. The third-order valence-corrected chi connectivity index (χ3v) is 3.89. The first-order valence-corrected chi connectivity index (χ1v) is 6.82. The van der Waals surface area contributed by atoms with Crippen molar-refractivity contribution in [3.05, 3.63) is 0 Å². The van der Waals surface area contributed by atoms with E-state index in [1.165, 1.54) is 39.2 Å². The van der Waals surface area contributed by atoms with Crippen molar-refractivity contribution < 1.29 is 9.53 Å². The Bertz CT molecular complexity index is 266. The van der Waals surface area contributed by atoms with Gasteiger partial charge in [0.05, 0.1) is 7.11 Å². The van der Waals surface area contributed by atoms with E-state index in [0.29, 0.717) is 12.1 Å². The highest BCUT2D eigenvalue weighted by Crippen LogP contribution is 2.22. The van der Waals surface area contributed by atoms with Crippen molar-refractivity contribution in [2.24, 2.45) is 0 Å². The molecule has 98 valence electrons. The van der Waals surface area contributed by atoms with Crippen LogP contribution in [0.3, 0.4) is 0 Å². The third-order valence-electron chi connectivity index (χ3n) is 3.89. The van der Waals surface area contributed by atoms with Gasteiger partial charge in [-0.2, -0.15) is 0 Å². The van der Waals surface area contributed by atoms with Crippen molar-refractivity contribution in [2.75, 3.05) is 20.2 Å². The van der Waals surface area contributed by atoms with Crippen LogP contribution in [-0.2, 0) is 9.53 Å². The summed E-state index contributed by atoms with van der Waals surface area (Å²) < 4.78 is 4.89. The molecule has 1 saturated carbocycles. The monoisotopic (exact) mass is 240 g/mol. The van der Waals surface area contributed by atoms with E-state index < -0.39 is 0 Å². The first-order valence-electron chi connectivity index (χ1n) is 6.82. The smallest absolute Gasteiger partial charge is 0.324 e. The highest BCUT2D eigenvalue weighted by Gasteiger charge is 2.33. The predicted octanol–water partition coefficient (Wildman–Crippen LogP) is 1.15. The Balaban J connectivity index is 1.88. The zero-order chi connectivity index (χ0) is 12.3. The molecule has 2 aliphatic rings. The van der Waals surface area contributed by atoms with Crippen molar-refractivity contribution in [3.8, 4) is 0 Å². The van der Waals surface area contributed by atoms with Crippen LogP contribution in [0.5, 0.6) is 0 Å². The van der Waals surface area contributed by atoms with Crippen LogP contribution in [0.4, 0.5) is 0 Å². The van der Waals surface area contributed by atoms with E-state index in [1.54, 1.807) is 0 Å². The minimum Gasteiger partial charge on any atom is -0.468 e. The van der Waals surface area contributed by atoms with Crippen LogP contribution < -0.4 is 5.32 Å². The van der Waals surface area contributed by atoms with Gasteiger partial charge in [-0.3, -0.25) is 9.69 Å². The summed E-state index contributed by atoms with van der Waals surface area (Å²) in [6.07, 6.45) is 6.11. The summed E-state index contributed by atoms with van der Waals surface area (Å²) in [6, 6.07) is 1.06. The molecule has 1 N–H and O–H groups in total. The Morgan fingerprint density at radius 3 is 2.82 bits per heavy atom. The fourth-order valence-corrected chi connectivity index (χ4v) is 2.70. The predicted molar refractivity (Wildman–Crippen MR) is 66.8 cm³/mol. The Morgan fingerprint density at radius 1 is 1.47 bits per heavy atom. The standard InChI is InChI=1S/C13H24N2O2/c1-3-11-5-4-8-15(11)9-12(13(16)17-2)14-10-6-7-10/h10-12,14H,3-9H2,1-2H3. The van der Waals surface area contributed by atoms with Gasteiger partial charge in [0.2, 0.25) is 0 Å². The number of methoxy groups -OCH3 is 1. The molecule has 1 heterocycles. The lowest BCUT2D eigenvalue weighted by Crippen LogP contribution is -2.48. The SMILES string of the molecule is CCC1CCCN1CC(NC1CC1)C(=O)OC. The lowest BCUT2D eigenvalue weighted by molar-refractivity contribution is -0.143. The van der Waals surface area contributed by atoms with Crippen LogP contribution in [0, 0.1) is 0 Å². The Morgan fingerprint density at radius 2 is 2.24 bits per heavy atom. The van der Waals surface area contributed by atoms with Crippen molar-refractivity contribution in [2.45, 2.75) is 57.2 Å². The fourth-order valence-electron chi connectivity index (χ4n) is 2.70. The minimum atomic E-state index is -0.139. The van der Waals surface area contributed by atoms with Crippen LogP contribution >= 0.6 is 0 Å². The Kier molecular flexibility index (Phi) is 4.40. The molecule has 2 atom stereocenters. The molecule has 1 aliphatic heterocycles. The molecule has 0 aromatic heterocycles. The van der Waals surface area contributed by atoms with Gasteiger partial charge in [-0.05, 0) is 38.6 Å². The Labute approximate surface area is 104 Å². The maximum absolute atomic E-state index is 11.7. The van der Waals surface area contributed by atoms with Crippen molar-refractivity contribution in [1.29, 1.82) is 0 Å². The van der Waals surface area contributed by atoms with Gasteiger partial charge in [-0.1, -0.05) is 6.92 Å². The number of nitrogens with one attached hydrogen (secondary N) is 1. The molecule has 0 aromatic carbocycles. The van der Waals surface area contributed by atoms with E-state index in [4.69, 9.17) is 4.74 Å². The number of carbonyl (C=O) groups excluding carboxylic acids is 1. The summed E-state index contributed by atoms with van der Waals surface area (Å²) >= 11 is 0. The molecule has 17 heavy (non-hydrogen) atoms. The normalized spacial score (nSPS) is 27.1. The number of carbonyl (C=O) groups is 1. The van der Waals surface area contributed by atoms with Crippen LogP contribution in [-0.4, -0.2) is 49.2 Å². The topological polar surface area (TPSA) is 41.6 Å². The molecule has 4 heteroatoms. The maximum atomic E-state index is 11.7. The quantitative estimate of drug-likeness (QED) is 0.707. The van der Waals surface area contributed by atoms with Gasteiger partial charge in [0.25, 0.3) is 0 Å². The van der Waals surface area contributed by atoms with Crippen LogP contribution in [0.15, 0.2) is 0 Å². The van der Waals surface area contributed by atoms with Gasteiger partial charge in [0.15, 0.2) is 0 Å². The summed E-state index contributed by atoms with van der Waals surface area (Å²) in [5, 5.41) is 3.40. The lowest BCUT2D eigenvalue weighted by Gasteiger charge is -2.27. The minimum absolute atomic E-state index is 0.112. The fraction of sp³-hybridized carbons (Fsp3) is 0.923. The zero-order valence-electron chi connectivity index (χ0n) is 10.9. The summed E-state index contributed by atoms with van der Waals surface area (Å²) in [6.45, 7) is 4.16. The van der Waals surface area contributed by atoms with Crippen molar-refractivity contribution >= 4 is 5.97 Å². The molecule has 2 unspecified atom stereocenters. The van der Waals surface area contributed by atoms with Gasteiger partial charge >= 0.3 is 5.97 Å². The number of rotatable bonds is 6. The molecule has 1 aliphatic carbocycles. The summed E-state index contributed by atoms with van der Waals surface area (Å²) in [7, 11) is 1.48. The maximum Gasteiger partial charge on any atom is 0.324 e. The number of hydrogen-bond donors (Lipinski definition) is 1. The summed E-state index contributed by atoms with van der Waals surface area (Å²) in [5.74, 6) is -0.112. The molecule has 0 aromatic rings. The van der Waals surface area contributed by atoms with E-state index in [-0.39, 0.29) is 12.0 Å². The molecule has 0 radical (unpaired) electrons. The number of esters is 1.